The molecule has 0 saturated carbocycles. The van der Waals surface area contributed by atoms with Gasteiger partial charge < -0.3 is 15.8 Å². The molecule has 1 saturated heterocycles. The summed E-state index contributed by atoms with van der Waals surface area (Å²) in [6.07, 6.45) is 4.34. The zero-order valence-electron chi connectivity index (χ0n) is 12.9. The molecule has 122 valence electrons. The smallest absolute Gasteiger partial charge is 0.193 e. The second kappa shape index (κ2) is 9.43. The molecule has 0 spiro atoms. The summed E-state index contributed by atoms with van der Waals surface area (Å²) >= 11 is 5.38. The van der Waals surface area contributed by atoms with Crippen molar-refractivity contribution >= 4 is 39.3 Å². The van der Waals surface area contributed by atoms with Gasteiger partial charge in [0.05, 0.1) is 12.2 Å². The van der Waals surface area contributed by atoms with Crippen LogP contribution in [0.4, 0.5) is 5.69 Å². The molecule has 0 amide bonds. The lowest BCUT2D eigenvalue weighted by Crippen LogP contribution is -2.22. The van der Waals surface area contributed by atoms with Gasteiger partial charge in [-0.25, -0.2) is 0 Å². The maximum atomic E-state index is 5.88. The highest BCUT2D eigenvalue weighted by Crippen LogP contribution is 2.22. The quantitative estimate of drug-likeness (QED) is 0.424. The highest BCUT2D eigenvalue weighted by molar-refractivity contribution is 9.10. The first-order valence-corrected chi connectivity index (χ1v) is 9.64. The third-order valence-corrected chi connectivity index (χ3v) is 5.13. The van der Waals surface area contributed by atoms with Crippen LogP contribution >= 0.6 is 27.7 Å². The summed E-state index contributed by atoms with van der Waals surface area (Å²) in [5.41, 5.74) is 6.82. The van der Waals surface area contributed by atoms with Gasteiger partial charge >= 0.3 is 0 Å². The van der Waals surface area contributed by atoms with E-state index in [-0.39, 0.29) is 0 Å². The number of guanidine groups is 1. The number of aliphatic imine (C=N–C) groups is 1. The van der Waals surface area contributed by atoms with Gasteiger partial charge in [0.15, 0.2) is 5.96 Å². The molecule has 0 radical (unpaired) electrons. The lowest BCUT2D eigenvalue weighted by molar-refractivity contribution is 0.0700. The third-order valence-electron chi connectivity index (χ3n) is 3.45. The second-order valence-electron chi connectivity index (χ2n) is 5.48. The Bertz CT molecular complexity index is 498. The molecule has 1 aliphatic rings. The van der Waals surface area contributed by atoms with Crippen LogP contribution in [0.5, 0.6) is 0 Å². The first kappa shape index (κ1) is 17.6. The van der Waals surface area contributed by atoms with Crippen molar-refractivity contribution in [3.63, 3.8) is 0 Å². The zero-order chi connectivity index (χ0) is 15.8. The van der Waals surface area contributed by atoms with Gasteiger partial charge in [-0.2, -0.15) is 11.8 Å². The van der Waals surface area contributed by atoms with Crippen molar-refractivity contribution < 1.29 is 4.74 Å². The van der Waals surface area contributed by atoms with E-state index >= 15 is 0 Å². The van der Waals surface area contributed by atoms with E-state index in [2.05, 4.69) is 33.2 Å². The number of benzene rings is 1. The van der Waals surface area contributed by atoms with E-state index in [0.29, 0.717) is 18.2 Å². The van der Waals surface area contributed by atoms with E-state index in [1.807, 2.05) is 36.0 Å². The Labute approximate surface area is 145 Å². The number of nitrogens with zero attached hydrogens (tertiary/aromatic N) is 1. The fraction of sp³-hybridized carbons (Fsp3) is 0.562. The predicted octanol–water partition coefficient (Wildman–Crippen LogP) is 3.87. The van der Waals surface area contributed by atoms with Crippen LogP contribution in [0.15, 0.2) is 33.7 Å². The standard InChI is InChI=1S/C16H24BrN3OS/c1-12-6-7-15(21-12)11-22-9-3-8-19-16(18)20-14-5-2-4-13(17)10-14/h2,4-5,10,12,15H,3,6-9,11H2,1H3,(H3,18,19,20). The van der Waals surface area contributed by atoms with Gasteiger partial charge in [-0.15, -0.1) is 0 Å². The fourth-order valence-corrected chi connectivity index (χ4v) is 3.75. The van der Waals surface area contributed by atoms with Gasteiger partial charge in [0.1, 0.15) is 0 Å². The molecule has 0 aromatic heterocycles. The average Bonchev–Trinajstić information content (AvgIpc) is 2.88. The summed E-state index contributed by atoms with van der Waals surface area (Å²) in [6, 6.07) is 7.87. The molecule has 22 heavy (non-hydrogen) atoms. The molecular formula is C16H24BrN3OS. The van der Waals surface area contributed by atoms with Crippen molar-refractivity contribution in [2.45, 2.75) is 38.4 Å². The number of halogens is 1. The summed E-state index contributed by atoms with van der Waals surface area (Å²) in [7, 11) is 0. The highest BCUT2D eigenvalue weighted by Gasteiger charge is 2.20. The number of hydrogen-bond acceptors (Lipinski definition) is 3. The molecule has 4 nitrogen and oxygen atoms in total. The highest BCUT2D eigenvalue weighted by atomic mass is 79.9. The Hall–Kier alpha value is -0.720. The van der Waals surface area contributed by atoms with Gasteiger partial charge in [-0.05, 0) is 50.1 Å². The summed E-state index contributed by atoms with van der Waals surface area (Å²) < 4.78 is 6.82. The fourth-order valence-electron chi connectivity index (χ4n) is 2.34. The lowest BCUT2D eigenvalue weighted by atomic mass is 10.2. The van der Waals surface area contributed by atoms with E-state index < -0.39 is 0 Å². The minimum Gasteiger partial charge on any atom is -0.374 e. The lowest BCUT2D eigenvalue weighted by Gasteiger charge is -2.10. The van der Waals surface area contributed by atoms with Crippen molar-refractivity contribution in [2.75, 3.05) is 23.4 Å². The molecule has 0 bridgehead atoms. The summed E-state index contributed by atoms with van der Waals surface area (Å²) in [5.74, 6) is 2.66. The molecule has 0 aliphatic carbocycles. The summed E-state index contributed by atoms with van der Waals surface area (Å²) in [6.45, 7) is 2.90. The number of hydrogen-bond donors (Lipinski definition) is 2. The molecule has 2 atom stereocenters. The van der Waals surface area contributed by atoms with Crippen molar-refractivity contribution in [3.8, 4) is 0 Å². The van der Waals surface area contributed by atoms with Crippen LogP contribution in [0.25, 0.3) is 0 Å². The van der Waals surface area contributed by atoms with E-state index in [9.17, 15) is 0 Å². The van der Waals surface area contributed by atoms with Crippen molar-refractivity contribution in [1.29, 1.82) is 0 Å². The number of nitrogens with one attached hydrogen (secondary N) is 1. The predicted molar refractivity (Wildman–Crippen MR) is 99.8 cm³/mol. The minimum absolute atomic E-state index is 0.444. The van der Waals surface area contributed by atoms with Crippen LogP contribution in [-0.4, -0.2) is 36.2 Å². The van der Waals surface area contributed by atoms with Gasteiger partial charge in [0, 0.05) is 22.5 Å². The van der Waals surface area contributed by atoms with Crippen molar-refractivity contribution in [3.05, 3.63) is 28.7 Å². The topological polar surface area (TPSA) is 59.6 Å². The van der Waals surface area contributed by atoms with Crippen molar-refractivity contribution in [2.24, 2.45) is 10.7 Å². The molecule has 2 unspecified atom stereocenters. The maximum absolute atomic E-state index is 5.88. The van der Waals surface area contributed by atoms with E-state index in [1.165, 1.54) is 12.8 Å². The molecule has 6 heteroatoms. The Kier molecular flexibility index (Phi) is 7.55. The normalized spacial score (nSPS) is 22.0. The molecule has 1 aromatic rings. The van der Waals surface area contributed by atoms with Crippen LogP contribution in [0, 0.1) is 0 Å². The average molecular weight is 386 g/mol. The largest absolute Gasteiger partial charge is 0.374 e. The van der Waals surface area contributed by atoms with Crippen LogP contribution in [0.2, 0.25) is 0 Å². The third kappa shape index (κ3) is 6.58. The van der Waals surface area contributed by atoms with Crippen molar-refractivity contribution in [1.82, 2.24) is 0 Å². The molecule has 1 heterocycles. The van der Waals surface area contributed by atoms with Crippen LogP contribution in [-0.2, 0) is 4.74 Å². The van der Waals surface area contributed by atoms with Crippen LogP contribution < -0.4 is 11.1 Å². The van der Waals surface area contributed by atoms with Crippen LogP contribution in [0.1, 0.15) is 26.2 Å². The SMILES string of the molecule is CC1CCC(CSCCCN=C(N)Nc2cccc(Br)c2)O1. The molecule has 1 aliphatic heterocycles. The number of anilines is 1. The van der Waals surface area contributed by atoms with Crippen LogP contribution in [0.3, 0.4) is 0 Å². The molecule has 3 N–H and O–H groups in total. The first-order chi connectivity index (χ1) is 10.6. The summed E-state index contributed by atoms with van der Waals surface area (Å²) in [4.78, 5) is 4.35. The van der Waals surface area contributed by atoms with Gasteiger partial charge in [-0.3, -0.25) is 4.99 Å². The molecule has 1 aromatic carbocycles. The Morgan fingerprint density at radius 2 is 2.36 bits per heavy atom. The maximum Gasteiger partial charge on any atom is 0.193 e. The van der Waals surface area contributed by atoms with Gasteiger partial charge in [-0.1, -0.05) is 22.0 Å². The monoisotopic (exact) mass is 385 g/mol. The first-order valence-electron chi connectivity index (χ1n) is 7.69. The molecule has 2 rings (SSSR count). The summed E-state index contributed by atoms with van der Waals surface area (Å²) in [5, 5.41) is 3.09. The second-order valence-corrected chi connectivity index (χ2v) is 7.54. The molecule has 1 fully saturated rings. The van der Waals surface area contributed by atoms with E-state index in [0.717, 1.165) is 34.6 Å². The zero-order valence-corrected chi connectivity index (χ0v) is 15.3. The minimum atomic E-state index is 0.444. The van der Waals surface area contributed by atoms with Gasteiger partial charge in [0.2, 0.25) is 0 Å². The number of nitrogens with two attached hydrogens (primary N) is 1. The Morgan fingerprint density at radius 3 is 3.09 bits per heavy atom. The van der Waals surface area contributed by atoms with E-state index in [4.69, 9.17) is 10.5 Å². The number of rotatable bonds is 7. The number of ether oxygens (including phenoxy) is 1. The van der Waals surface area contributed by atoms with E-state index in [1.54, 1.807) is 0 Å². The Balaban J connectivity index is 1.57. The Morgan fingerprint density at radius 1 is 1.50 bits per heavy atom. The molecular weight excluding hydrogens is 362 g/mol. The van der Waals surface area contributed by atoms with Gasteiger partial charge in [0.25, 0.3) is 0 Å². The number of thioether (sulfide) groups is 1.